The van der Waals surface area contributed by atoms with Gasteiger partial charge < -0.3 is 9.84 Å². The molecule has 0 unspecified atom stereocenters. The maximum atomic E-state index is 9.17. The zero-order chi connectivity index (χ0) is 9.68. The van der Waals surface area contributed by atoms with Gasteiger partial charge in [-0.15, -0.1) is 0 Å². The van der Waals surface area contributed by atoms with Crippen LogP contribution in [0.2, 0.25) is 0 Å². The maximum absolute atomic E-state index is 9.17. The SMILES string of the molecule is COc1cc(O)ccc1C=CCS. The molecule has 0 saturated carbocycles. The monoisotopic (exact) mass is 196 g/mol. The maximum Gasteiger partial charge on any atom is 0.129 e. The molecule has 0 fully saturated rings. The molecule has 1 aromatic rings. The van der Waals surface area contributed by atoms with Crippen molar-refractivity contribution in [2.45, 2.75) is 0 Å². The van der Waals surface area contributed by atoms with Crippen LogP contribution in [0.15, 0.2) is 24.3 Å². The van der Waals surface area contributed by atoms with Crippen molar-refractivity contribution in [2.24, 2.45) is 0 Å². The normalized spacial score (nSPS) is 10.6. The van der Waals surface area contributed by atoms with Gasteiger partial charge in [0.15, 0.2) is 0 Å². The van der Waals surface area contributed by atoms with E-state index < -0.39 is 0 Å². The molecule has 13 heavy (non-hydrogen) atoms. The molecule has 0 aromatic heterocycles. The summed E-state index contributed by atoms with van der Waals surface area (Å²) in [4.78, 5) is 0. The minimum absolute atomic E-state index is 0.208. The van der Waals surface area contributed by atoms with E-state index in [-0.39, 0.29) is 5.75 Å². The number of aromatic hydroxyl groups is 1. The van der Waals surface area contributed by atoms with E-state index >= 15 is 0 Å². The third-order valence-corrected chi connectivity index (χ3v) is 1.83. The van der Waals surface area contributed by atoms with Crippen molar-refractivity contribution >= 4 is 18.7 Å². The van der Waals surface area contributed by atoms with Crippen molar-refractivity contribution in [2.75, 3.05) is 12.9 Å². The molecule has 1 N–H and O–H groups in total. The summed E-state index contributed by atoms with van der Waals surface area (Å²) in [5.41, 5.74) is 0.939. The lowest BCUT2D eigenvalue weighted by Gasteiger charge is -2.04. The Morgan fingerprint density at radius 2 is 2.31 bits per heavy atom. The van der Waals surface area contributed by atoms with Gasteiger partial charge in [0.2, 0.25) is 0 Å². The fraction of sp³-hybridized carbons (Fsp3) is 0.200. The van der Waals surface area contributed by atoms with Gasteiger partial charge in [-0.3, -0.25) is 0 Å². The van der Waals surface area contributed by atoms with Crippen LogP contribution >= 0.6 is 12.6 Å². The third-order valence-electron chi connectivity index (χ3n) is 1.62. The van der Waals surface area contributed by atoms with Crippen molar-refractivity contribution in [3.8, 4) is 11.5 Å². The first-order valence-corrected chi connectivity index (χ1v) is 4.55. The van der Waals surface area contributed by atoms with Crippen molar-refractivity contribution in [1.29, 1.82) is 0 Å². The number of phenols is 1. The van der Waals surface area contributed by atoms with Crippen molar-refractivity contribution in [3.63, 3.8) is 0 Å². The predicted octanol–water partition coefficient (Wildman–Crippen LogP) is 2.34. The van der Waals surface area contributed by atoms with E-state index in [9.17, 15) is 5.11 Å². The largest absolute Gasteiger partial charge is 0.508 e. The molecule has 2 nitrogen and oxygen atoms in total. The Hall–Kier alpha value is -1.09. The van der Waals surface area contributed by atoms with E-state index in [2.05, 4.69) is 12.6 Å². The summed E-state index contributed by atoms with van der Waals surface area (Å²) in [5.74, 6) is 1.56. The van der Waals surface area contributed by atoms with E-state index in [1.165, 1.54) is 0 Å². The highest BCUT2D eigenvalue weighted by Crippen LogP contribution is 2.24. The molecule has 1 rings (SSSR count). The number of methoxy groups -OCH3 is 1. The smallest absolute Gasteiger partial charge is 0.129 e. The van der Waals surface area contributed by atoms with Crippen LogP contribution in [0.5, 0.6) is 11.5 Å². The summed E-state index contributed by atoms with van der Waals surface area (Å²) in [5, 5.41) is 9.17. The number of ether oxygens (including phenoxy) is 1. The van der Waals surface area contributed by atoms with Gasteiger partial charge in [0.05, 0.1) is 7.11 Å². The van der Waals surface area contributed by atoms with Gasteiger partial charge in [-0.1, -0.05) is 12.2 Å². The molecule has 0 atom stereocenters. The average molecular weight is 196 g/mol. The van der Waals surface area contributed by atoms with Gasteiger partial charge in [-0.25, -0.2) is 0 Å². The molecule has 0 aliphatic heterocycles. The molecule has 1 aromatic carbocycles. The zero-order valence-corrected chi connectivity index (χ0v) is 8.29. The topological polar surface area (TPSA) is 29.5 Å². The van der Waals surface area contributed by atoms with Gasteiger partial charge in [0.1, 0.15) is 11.5 Å². The fourth-order valence-electron chi connectivity index (χ4n) is 1.02. The van der Waals surface area contributed by atoms with Crippen LogP contribution in [-0.4, -0.2) is 18.0 Å². The van der Waals surface area contributed by atoms with Gasteiger partial charge in [-0.05, 0) is 12.1 Å². The molecule has 0 bridgehead atoms. The Labute approximate surface area is 83.3 Å². The highest BCUT2D eigenvalue weighted by Gasteiger charge is 1.99. The summed E-state index contributed by atoms with van der Waals surface area (Å²) < 4.78 is 5.09. The molecular formula is C10H12O2S. The number of thiol groups is 1. The Bertz CT molecular complexity index is 308. The molecule has 70 valence electrons. The van der Waals surface area contributed by atoms with Crippen LogP contribution in [0.1, 0.15) is 5.56 Å². The van der Waals surface area contributed by atoms with Gasteiger partial charge in [0.25, 0.3) is 0 Å². The average Bonchev–Trinajstić information content (AvgIpc) is 2.16. The third kappa shape index (κ3) is 2.70. The first-order valence-electron chi connectivity index (χ1n) is 3.92. The highest BCUT2D eigenvalue weighted by molar-refractivity contribution is 7.80. The molecule has 0 aliphatic carbocycles. The Balaban J connectivity index is 2.99. The highest BCUT2D eigenvalue weighted by atomic mass is 32.1. The lowest BCUT2D eigenvalue weighted by molar-refractivity contribution is 0.407. The van der Waals surface area contributed by atoms with E-state index in [0.29, 0.717) is 11.5 Å². The number of benzene rings is 1. The fourth-order valence-corrected chi connectivity index (χ4v) is 1.12. The second-order valence-electron chi connectivity index (χ2n) is 2.51. The molecule has 3 heteroatoms. The minimum Gasteiger partial charge on any atom is -0.508 e. The number of hydrogen-bond donors (Lipinski definition) is 2. The van der Waals surface area contributed by atoms with Crippen LogP contribution in [0.4, 0.5) is 0 Å². The molecule has 0 aliphatic rings. The summed E-state index contributed by atoms with van der Waals surface area (Å²) in [6.07, 6.45) is 3.82. The van der Waals surface area contributed by atoms with Gasteiger partial charge in [-0.2, -0.15) is 12.6 Å². The molecule has 0 amide bonds. The van der Waals surface area contributed by atoms with E-state index in [1.54, 1.807) is 25.3 Å². The van der Waals surface area contributed by atoms with Gasteiger partial charge in [0, 0.05) is 17.4 Å². The molecule has 0 spiro atoms. The second kappa shape index (κ2) is 4.82. The minimum atomic E-state index is 0.208. The summed E-state index contributed by atoms with van der Waals surface area (Å²) in [7, 11) is 1.58. The first-order chi connectivity index (χ1) is 6.27. The Kier molecular flexibility index (Phi) is 3.71. The summed E-state index contributed by atoms with van der Waals surface area (Å²) >= 11 is 4.06. The van der Waals surface area contributed by atoms with E-state index in [1.807, 2.05) is 12.2 Å². The number of rotatable bonds is 3. The van der Waals surface area contributed by atoms with Gasteiger partial charge >= 0.3 is 0 Å². The summed E-state index contributed by atoms with van der Waals surface area (Å²) in [6.45, 7) is 0. The Morgan fingerprint density at radius 3 is 2.92 bits per heavy atom. The Morgan fingerprint density at radius 1 is 1.54 bits per heavy atom. The van der Waals surface area contributed by atoms with E-state index in [0.717, 1.165) is 5.56 Å². The van der Waals surface area contributed by atoms with Crippen molar-refractivity contribution in [3.05, 3.63) is 29.8 Å². The van der Waals surface area contributed by atoms with Crippen molar-refractivity contribution in [1.82, 2.24) is 0 Å². The number of hydrogen-bond acceptors (Lipinski definition) is 3. The number of phenolic OH excluding ortho intramolecular Hbond substituents is 1. The molecular weight excluding hydrogens is 184 g/mol. The van der Waals surface area contributed by atoms with Crippen LogP contribution in [-0.2, 0) is 0 Å². The zero-order valence-electron chi connectivity index (χ0n) is 7.40. The molecule has 0 radical (unpaired) electrons. The second-order valence-corrected chi connectivity index (χ2v) is 2.88. The van der Waals surface area contributed by atoms with Crippen LogP contribution < -0.4 is 4.74 Å². The van der Waals surface area contributed by atoms with Crippen LogP contribution in [0, 0.1) is 0 Å². The first kappa shape index (κ1) is 9.99. The quantitative estimate of drug-likeness (QED) is 0.727. The van der Waals surface area contributed by atoms with Crippen LogP contribution in [0.3, 0.4) is 0 Å². The van der Waals surface area contributed by atoms with Crippen LogP contribution in [0.25, 0.3) is 6.08 Å². The predicted molar refractivity (Wildman–Crippen MR) is 57.5 cm³/mol. The molecule has 0 heterocycles. The molecule has 0 saturated heterocycles. The standard InChI is InChI=1S/C10H12O2S/c1-12-10-7-9(11)5-4-8(10)3-2-6-13/h2-5,7,11,13H,6H2,1H3. The van der Waals surface area contributed by atoms with E-state index in [4.69, 9.17) is 4.74 Å². The lowest BCUT2D eigenvalue weighted by Crippen LogP contribution is -1.86. The van der Waals surface area contributed by atoms with Crippen molar-refractivity contribution < 1.29 is 9.84 Å². The lowest BCUT2D eigenvalue weighted by atomic mass is 10.2. The summed E-state index contributed by atoms with van der Waals surface area (Å²) in [6, 6.07) is 5.01.